The van der Waals surface area contributed by atoms with Gasteiger partial charge in [-0.15, -0.1) is 11.3 Å². The van der Waals surface area contributed by atoms with Crippen LogP contribution in [0.25, 0.3) is 0 Å². The quantitative estimate of drug-likeness (QED) is 0.812. The topological polar surface area (TPSA) is 29.1 Å². The van der Waals surface area contributed by atoms with E-state index in [-0.39, 0.29) is 11.8 Å². The molecular formula is C16H21NOS. The Hall–Kier alpha value is -1.09. The zero-order valence-corrected chi connectivity index (χ0v) is 12.0. The third kappa shape index (κ3) is 3.27. The second-order valence-corrected chi connectivity index (χ2v) is 6.59. The molecule has 0 bridgehead atoms. The van der Waals surface area contributed by atoms with Crippen LogP contribution in [0.2, 0.25) is 0 Å². The molecule has 1 aromatic heterocycles. The number of allylic oxidation sites excluding steroid dienone is 1. The second kappa shape index (κ2) is 5.91. The van der Waals surface area contributed by atoms with Gasteiger partial charge in [0.05, 0.1) is 0 Å². The van der Waals surface area contributed by atoms with Crippen LogP contribution in [-0.2, 0) is 4.79 Å². The van der Waals surface area contributed by atoms with Crippen LogP contribution in [0.3, 0.4) is 0 Å². The zero-order valence-electron chi connectivity index (χ0n) is 11.2. The second-order valence-electron chi connectivity index (χ2n) is 5.61. The Labute approximate surface area is 118 Å². The summed E-state index contributed by atoms with van der Waals surface area (Å²) in [7, 11) is 0. The molecule has 1 heterocycles. The Balaban J connectivity index is 1.39. The number of amides is 1. The summed E-state index contributed by atoms with van der Waals surface area (Å²) in [6.45, 7) is 0.818. The third-order valence-corrected chi connectivity index (χ3v) is 5.17. The number of carbonyl (C=O) groups excluding carboxylic acids is 1. The van der Waals surface area contributed by atoms with Gasteiger partial charge in [-0.2, -0.15) is 0 Å². The molecule has 0 aliphatic heterocycles. The van der Waals surface area contributed by atoms with E-state index in [1.54, 1.807) is 11.3 Å². The van der Waals surface area contributed by atoms with E-state index in [1.165, 1.54) is 36.1 Å². The number of thiophene rings is 1. The lowest BCUT2D eigenvalue weighted by atomic mass is 9.97. The molecule has 1 N–H and O–H groups in total. The molecule has 102 valence electrons. The first-order valence-corrected chi connectivity index (χ1v) is 8.21. The van der Waals surface area contributed by atoms with E-state index in [0.717, 1.165) is 19.4 Å². The van der Waals surface area contributed by atoms with Crippen LogP contribution < -0.4 is 5.32 Å². The van der Waals surface area contributed by atoms with Crippen LogP contribution in [0.5, 0.6) is 0 Å². The Morgan fingerprint density at radius 1 is 1.42 bits per heavy atom. The van der Waals surface area contributed by atoms with Crippen LogP contribution in [-0.4, -0.2) is 12.5 Å². The highest BCUT2D eigenvalue weighted by molar-refractivity contribution is 7.10. The van der Waals surface area contributed by atoms with Crippen LogP contribution in [0.15, 0.2) is 29.2 Å². The van der Waals surface area contributed by atoms with Crippen molar-refractivity contribution in [2.24, 2.45) is 5.92 Å². The third-order valence-electron chi connectivity index (χ3n) is 4.17. The molecule has 0 radical (unpaired) electrons. The highest BCUT2D eigenvalue weighted by Gasteiger charge is 2.44. The fourth-order valence-corrected chi connectivity index (χ4v) is 3.82. The smallest absolute Gasteiger partial charge is 0.223 e. The number of rotatable bonds is 5. The van der Waals surface area contributed by atoms with Crippen molar-refractivity contribution in [3.63, 3.8) is 0 Å². The average Bonchev–Trinajstić information content (AvgIpc) is 3.06. The van der Waals surface area contributed by atoms with Crippen molar-refractivity contribution < 1.29 is 4.79 Å². The van der Waals surface area contributed by atoms with Crippen molar-refractivity contribution >= 4 is 17.2 Å². The first kappa shape index (κ1) is 12.9. The minimum absolute atomic E-state index is 0.235. The van der Waals surface area contributed by atoms with Gasteiger partial charge in [0.1, 0.15) is 0 Å². The van der Waals surface area contributed by atoms with E-state index in [2.05, 4.69) is 28.9 Å². The molecule has 1 saturated carbocycles. The molecule has 2 aliphatic carbocycles. The highest BCUT2D eigenvalue weighted by atomic mass is 32.1. The Morgan fingerprint density at radius 3 is 3.11 bits per heavy atom. The van der Waals surface area contributed by atoms with E-state index in [9.17, 15) is 4.79 Å². The van der Waals surface area contributed by atoms with E-state index in [0.29, 0.717) is 5.92 Å². The normalized spacial score (nSPS) is 25.8. The first-order valence-electron chi connectivity index (χ1n) is 7.33. The van der Waals surface area contributed by atoms with Gasteiger partial charge in [-0.3, -0.25) is 4.79 Å². The summed E-state index contributed by atoms with van der Waals surface area (Å²) in [6.07, 6.45) is 9.56. The summed E-state index contributed by atoms with van der Waals surface area (Å²) in [5, 5.41) is 5.20. The molecule has 0 saturated heterocycles. The van der Waals surface area contributed by atoms with Crippen molar-refractivity contribution in [3.05, 3.63) is 34.0 Å². The Kier molecular flexibility index (Phi) is 4.02. The Bertz CT molecular complexity index is 463. The maximum atomic E-state index is 12.0. The molecule has 19 heavy (non-hydrogen) atoms. The summed E-state index contributed by atoms with van der Waals surface area (Å²) < 4.78 is 0. The fourth-order valence-electron chi connectivity index (χ4n) is 2.91. The number of nitrogens with one attached hydrogen (secondary N) is 1. The van der Waals surface area contributed by atoms with Gasteiger partial charge in [0.15, 0.2) is 0 Å². The lowest BCUT2D eigenvalue weighted by Gasteiger charge is -2.12. The minimum Gasteiger partial charge on any atom is -0.356 e. The average molecular weight is 275 g/mol. The lowest BCUT2D eigenvalue weighted by molar-refractivity contribution is -0.122. The van der Waals surface area contributed by atoms with E-state index in [1.807, 2.05) is 0 Å². The number of hydrogen-bond donors (Lipinski definition) is 1. The number of carbonyl (C=O) groups is 1. The maximum Gasteiger partial charge on any atom is 0.223 e. The fraction of sp³-hybridized carbons (Fsp3) is 0.562. The molecule has 0 aromatic carbocycles. The molecule has 2 nitrogen and oxygen atoms in total. The van der Waals surface area contributed by atoms with Gasteiger partial charge < -0.3 is 5.32 Å². The molecular weight excluding hydrogens is 254 g/mol. The molecule has 1 aromatic rings. The zero-order chi connectivity index (χ0) is 13.1. The van der Waals surface area contributed by atoms with Gasteiger partial charge in [0.2, 0.25) is 5.91 Å². The molecule has 2 unspecified atom stereocenters. The molecule has 1 fully saturated rings. The van der Waals surface area contributed by atoms with Crippen molar-refractivity contribution in [3.8, 4) is 0 Å². The molecule has 3 heteroatoms. The molecule has 0 spiro atoms. The summed E-state index contributed by atoms with van der Waals surface area (Å²) in [4.78, 5) is 13.4. The number of hydrogen-bond acceptors (Lipinski definition) is 2. The van der Waals surface area contributed by atoms with Gasteiger partial charge in [-0.1, -0.05) is 17.7 Å². The van der Waals surface area contributed by atoms with E-state index < -0.39 is 0 Å². The summed E-state index contributed by atoms with van der Waals surface area (Å²) in [5.41, 5.74) is 1.54. The SMILES string of the molecule is O=C(NCCC1=CCCCC1)C1CC1c1cccs1. The highest BCUT2D eigenvalue weighted by Crippen LogP contribution is 2.49. The predicted octanol–water partition coefficient (Wildman–Crippen LogP) is 3.86. The summed E-state index contributed by atoms with van der Waals surface area (Å²) >= 11 is 1.77. The van der Waals surface area contributed by atoms with Gasteiger partial charge >= 0.3 is 0 Å². The van der Waals surface area contributed by atoms with Crippen molar-refractivity contribution in [2.45, 2.75) is 44.4 Å². The Morgan fingerprint density at radius 2 is 2.37 bits per heavy atom. The van der Waals surface area contributed by atoms with E-state index >= 15 is 0 Å². The standard InChI is InChI=1S/C16H21NOS/c18-16(14-11-13(14)15-7-4-10-19-15)17-9-8-12-5-2-1-3-6-12/h4-5,7,10,13-14H,1-3,6,8-9,11H2,(H,17,18). The lowest BCUT2D eigenvalue weighted by Crippen LogP contribution is -2.26. The molecule has 3 rings (SSSR count). The van der Waals surface area contributed by atoms with Crippen LogP contribution >= 0.6 is 11.3 Å². The minimum atomic E-state index is 0.235. The van der Waals surface area contributed by atoms with Crippen molar-refractivity contribution in [1.82, 2.24) is 5.32 Å². The van der Waals surface area contributed by atoms with Gasteiger partial charge in [0.25, 0.3) is 0 Å². The van der Waals surface area contributed by atoms with Crippen LogP contribution in [0.4, 0.5) is 0 Å². The predicted molar refractivity (Wildman–Crippen MR) is 79.3 cm³/mol. The largest absolute Gasteiger partial charge is 0.356 e. The van der Waals surface area contributed by atoms with Crippen LogP contribution in [0, 0.1) is 5.92 Å². The van der Waals surface area contributed by atoms with Crippen molar-refractivity contribution in [2.75, 3.05) is 6.54 Å². The summed E-state index contributed by atoms with van der Waals surface area (Å²) in [5.74, 6) is 0.989. The first-order chi connectivity index (χ1) is 9.34. The monoisotopic (exact) mass is 275 g/mol. The van der Waals surface area contributed by atoms with Gasteiger partial charge in [-0.05, 0) is 50.0 Å². The van der Waals surface area contributed by atoms with Gasteiger partial charge in [0, 0.05) is 23.3 Å². The van der Waals surface area contributed by atoms with Crippen LogP contribution in [0.1, 0.15) is 49.3 Å². The van der Waals surface area contributed by atoms with Crippen molar-refractivity contribution in [1.29, 1.82) is 0 Å². The molecule has 1 amide bonds. The maximum absolute atomic E-state index is 12.0. The molecule has 2 aliphatic rings. The van der Waals surface area contributed by atoms with Gasteiger partial charge in [-0.25, -0.2) is 0 Å². The van der Waals surface area contributed by atoms with E-state index in [4.69, 9.17) is 0 Å². The molecule has 2 atom stereocenters. The summed E-state index contributed by atoms with van der Waals surface area (Å²) in [6, 6.07) is 4.22.